The molecule has 0 saturated carbocycles. The van der Waals surface area contributed by atoms with Crippen LogP contribution in [0.4, 0.5) is 0 Å². The van der Waals surface area contributed by atoms with Crippen molar-refractivity contribution in [1.82, 2.24) is 19.5 Å². The zero-order chi connectivity index (χ0) is 47.9. The second kappa shape index (κ2) is 15.7. The number of rotatable bonds is 5. The van der Waals surface area contributed by atoms with Gasteiger partial charge in [-0.2, -0.15) is 0 Å². The number of nitrogens with zero attached hydrogens (tertiary/aromatic N) is 4. The molecule has 0 aliphatic rings. The molecule has 4 heterocycles. The highest BCUT2D eigenvalue weighted by Crippen LogP contribution is 2.41. The molecule has 8 aromatic carbocycles. The normalized spacial score (nSPS) is 11.9. The molecular weight excluding hydrogens is 830 g/mol. The van der Waals surface area contributed by atoms with Crippen LogP contribution in [-0.4, -0.2) is 114 Å². The zero-order valence-electron chi connectivity index (χ0n) is 36.4. The van der Waals surface area contributed by atoms with Gasteiger partial charge in [0.1, 0.15) is 116 Å². The van der Waals surface area contributed by atoms with Gasteiger partial charge < -0.3 is 13.4 Å². The maximum absolute atomic E-state index is 6.82. The van der Waals surface area contributed by atoms with Crippen molar-refractivity contribution in [3.8, 4) is 51.0 Å². The summed E-state index contributed by atoms with van der Waals surface area (Å²) in [6, 6.07) is 37.0. The highest BCUT2D eigenvalue weighted by molar-refractivity contribution is 6.70. The van der Waals surface area contributed by atoms with E-state index in [-0.39, 0.29) is 116 Å². The highest BCUT2D eigenvalue weighted by atomic mass is 16.3. The van der Waals surface area contributed by atoms with E-state index < -0.39 is 0 Å². The first kappa shape index (κ1) is 43.2. The number of hydrogen-bond donors (Lipinski definition) is 0. The fourth-order valence-corrected chi connectivity index (χ4v) is 9.61. The largest absolute Gasteiger partial charge is 0.456 e. The fraction of sp³-hybridized carbons (Fsp3) is 0. The van der Waals surface area contributed by atoms with Crippen LogP contribution in [0.25, 0.3) is 117 Å². The van der Waals surface area contributed by atoms with Gasteiger partial charge in [-0.05, 0) is 53.6 Å². The Morgan fingerprint density at radius 1 is 0.333 bits per heavy atom. The molecule has 18 heteroatoms. The third-order valence-corrected chi connectivity index (χ3v) is 13.2. The molecule has 290 valence electrons. The minimum absolute atomic E-state index is 0.00376. The van der Waals surface area contributed by atoms with Gasteiger partial charge in [-0.15, -0.1) is 32.8 Å². The van der Waals surface area contributed by atoms with Crippen LogP contribution in [0.5, 0.6) is 0 Å². The SMILES string of the molecule is [B]c1c([B])c([B])c(-c2nc(-c3ccc4c(c3)oc3cccc(-n5c6ccccc6c6cc(-c7ccccc7)ccc65)c34)nc(-c3c([B])c([B])c([B])c4c3oc3c([B])c([B])c([B])c([B])c34)n2)c([B])c1[B]. The minimum atomic E-state index is -0.0390. The van der Waals surface area contributed by atoms with E-state index in [0.717, 1.165) is 49.4 Å². The van der Waals surface area contributed by atoms with Crippen LogP contribution in [0.3, 0.4) is 0 Å². The summed E-state index contributed by atoms with van der Waals surface area (Å²) in [6.07, 6.45) is 0. The van der Waals surface area contributed by atoms with E-state index in [1.807, 2.05) is 54.6 Å². The first-order valence-electron chi connectivity index (χ1n) is 21.5. The summed E-state index contributed by atoms with van der Waals surface area (Å²) in [7, 11) is 77.9. The second-order valence-corrected chi connectivity index (χ2v) is 16.9. The molecule has 0 bridgehead atoms. The summed E-state index contributed by atoms with van der Waals surface area (Å²) in [5.74, 6) is 0.0557. The van der Waals surface area contributed by atoms with Crippen LogP contribution >= 0.6 is 0 Å². The molecule has 0 aliphatic heterocycles. The number of furan rings is 2. The van der Waals surface area contributed by atoms with Crippen molar-refractivity contribution in [1.29, 1.82) is 0 Å². The molecule has 12 aromatic rings. The third-order valence-electron chi connectivity index (χ3n) is 13.2. The molecule has 6 nitrogen and oxygen atoms in total. The molecule has 0 amide bonds. The molecule has 0 unspecified atom stereocenters. The smallest absolute Gasteiger partial charge is 0.167 e. The van der Waals surface area contributed by atoms with E-state index in [4.69, 9.17) is 118 Å². The first-order valence-corrected chi connectivity index (χ1v) is 21.5. The Morgan fingerprint density at radius 3 is 1.64 bits per heavy atom. The standard InChI is InChI=1S/C51H18B12N4O2/c52-35-31-32-36(53)41(58)45(62)46(63)48(32)69-47(31)34(39(56)40(35)57)51-65-49(64-50(66-51)33-37(54)42(59)44(61)43(60)38(33)55)21-13-15-23-29(18-21)68-28-12-6-11-27(30(23)28)67-25-10-5-4-9-22(25)24-17-20(14-16-26(24)67)19-7-2-1-3-8-19/h1-18H. The summed E-state index contributed by atoms with van der Waals surface area (Å²) in [6.45, 7) is 0. The van der Waals surface area contributed by atoms with E-state index in [1.54, 1.807) is 0 Å². The number of hydrogen-bond acceptors (Lipinski definition) is 5. The van der Waals surface area contributed by atoms with Crippen LogP contribution in [0.1, 0.15) is 0 Å². The van der Waals surface area contributed by atoms with Crippen LogP contribution < -0.4 is 65.6 Å². The quantitative estimate of drug-likeness (QED) is 0.208. The van der Waals surface area contributed by atoms with Gasteiger partial charge in [0.25, 0.3) is 0 Å². The summed E-state index contributed by atoms with van der Waals surface area (Å²) >= 11 is 0. The Hall–Kier alpha value is -7.05. The molecular formula is C51H18B12N4O2. The van der Waals surface area contributed by atoms with Crippen molar-refractivity contribution in [2.24, 2.45) is 0 Å². The Kier molecular flexibility index (Phi) is 9.87. The molecule has 24 radical (unpaired) electrons. The van der Waals surface area contributed by atoms with Gasteiger partial charge in [0, 0.05) is 38.1 Å². The van der Waals surface area contributed by atoms with Gasteiger partial charge in [-0.3, -0.25) is 0 Å². The molecule has 0 atom stereocenters. The lowest BCUT2D eigenvalue weighted by molar-refractivity contribution is 0.669. The average molecular weight is 848 g/mol. The highest BCUT2D eigenvalue weighted by Gasteiger charge is 2.27. The number of aromatic nitrogens is 4. The predicted molar refractivity (Wildman–Crippen MR) is 295 cm³/mol. The summed E-state index contributed by atoms with van der Waals surface area (Å²) in [5, 5.41) is 4.51. The van der Waals surface area contributed by atoms with Gasteiger partial charge in [-0.1, -0.05) is 99.5 Å². The Balaban J connectivity index is 1.10. The average Bonchev–Trinajstić information content (AvgIpc) is 4.06. The van der Waals surface area contributed by atoms with Gasteiger partial charge in [0.05, 0.1) is 27.7 Å². The molecule has 4 aromatic heterocycles. The second-order valence-electron chi connectivity index (χ2n) is 16.9. The molecule has 0 aliphatic carbocycles. The Labute approximate surface area is 411 Å². The van der Waals surface area contributed by atoms with E-state index >= 15 is 0 Å². The Morgan fingerprint density at radius 2 is 0.899 bits per heavy atom. The zero-order valence-corrected chi connectivity index (χ0v) is 36.4. The molecule has 0 saturated heterocycles. The Bertz CT molecular complexity index is 4210. The summed E-state index contributed by atoms with van der Waals surface area (Å²) in [4.78, 5) is 14.8. The third kappa shape index (κ3) is 6.26. The van der Waals surface area contributed by atoms with Crippen molar-refractivity contribution in [2.75, 3.05) is 0 Å². The molecule has 69 heavy (non-hydrogen) atoms. The van der Waals surface area contributed by atoms with Crippen LogP contribution in [0.15, 0.2) is 118 Å². The van der Waals surface area contributed by atoms with Crippen LogP contribution in [0.2, 0.25) is 0 Å². The van der Waals surface area contributed by atoms with Crippen molar-refractivity contribution < 1.29 is 8.83 Å². The fourth-order valence-electron chi connectivity index (χ4n) is 9.61. The molecule has 12 rings (SSSR count). The minimum Gasteiger partial charge on any atom is -0.456 e. The summed E-state index contributed by atoms with van der Waals surface area (Å²) < 4.78 is 15.4. The monoisotopic (exact) mass is 850 g/mol. The number of para-hydroxylation sites is 1. The van der Waals surface area contributed by atoms with E-state index in [1.165, 1.54) is 0 Å². The maximum Gasteiger partial charge on any atom is 0.167 e. The molecule has 0 fully saturated rings. The molecule has 0 N–H and O–H groups in total. The van der Waals surface area contributed by atoms with Crippen molar-refractivity contribution >= 4 is 225 Å². The van der Waals surface area contributed by atoms with Crippen molar-refractivity contribution in [3.05, 3.63) is 109 Å². The lowest BCUT2D eigenvalue weighted by Gasteiger charge is -2.21. The topological polar surface area (TPSA) is 69.9 Å². The van der Waals surface area contributed by atoms with Gasteiger partial charge in [0.2, 0.25) is 0 Å². The molecule has 0 spiro atoms. The van der Waals surface area contributed by atoms with Crippen LogP contribution in [0, 0.1) is 0 Å². The van der Waals surface area contributed by atoms with Crippen molar-refractivity contribution in [2.45, 2.75) is 0 Å². The number of fused-ring (bicyclic) bond motifs is 9. The van der Waals surface area contributed by atoms with E-state index in [0.29, 0.717) is 16.7 Å². The van der Waals surface area contributed by atoms with E-state index in [9.17, 15) is 0 Å². The lowest BCUT2D eigenvalue weighted by atomic mass is 9.60. The lowest BCUT2D eigenvalue weighted by Crippen LogP contribution is -2.55. The van der Waals surface area contributed by atoms with Crippen molar-refractivity contribution in [3.63, 3.8) is 0 Å². The van der Waals surface area contributed by atoms with Gasteiger partial charge >= 0.3 is 0 Å². The maximum atomic E-state index is 6.82. The first-order chi connectivity index (χ1) is 33.2. The van der Waals surface area contributed by atoms with Crippen LogP contribution in [-0.2, 0) is 0 Å². The summed E-state index contributed by atoms with van der Waals surface area (Å²) in [5.41, 5.74) is 7.46. The van der Waals surface area contributed by atoms with Gasteiger partial charge in [-0.25, -0.2) is 15.0 Å². The van der Waals surface area contributed by atoms with Gasteiger partial charge in [0.15, 0.2) is 17.5 Å². The van der Waals surface area contributed by atoms with E-state index in [2.05, 4.69) is 59.2 Å². The predicted octanol–water partition coefficient (Wildman–Crippen LogP) is -1.04. The number of benzene rings is 8.